The number of allylic oxidation sites excluding steroid dienone is 1. The largest absolute Gasteiger partial charge is 0.209 e. The van der Waals surface area contributed by atoms with Crippen LogP contribution in [0.25, 0.3) is 6.08 Å². The van der Waals surface area contributed by atoms with Crippen LogP contribution in [-0.4, -0.2) is 21.9 Å². The van der Waals surface area contributed by atoms with E-state index in [0.29, 0.717) is 6.42 Å². The second-order valence-electron chi connectivity index (χ2n) is 5.63. The van der Waals surface area contributed by atoms with E-state index in [1.54, 1.807) is 0 Å². The first-order valence-corrected chi connectivity index (χ1v) is 11.2. The number of rotatable bonds is 6. The third kappa shape index (κ3) is 6.54. The topological polar surface area (TPSA) is 34.1 Å². The molecule has 2 nitrogen and oxygen atoms in total. The highest BCUT2D eigenvalue weighted by molar-refractivity contribution is 7.71. The lowest BCUT2D eigenvalue weighted by Gasteiger charge is -2.16. The van der Waals surface area contributed by atoms with Crippen molar-refractivity contribution in [1.29, 1.82) is 0 Å². The summed E-state index contributed by atoms with van der Waals surface area (Å²) in [6.07, 6.45) is 6.60. The standard InChI is InChI=1S/C15H22O2SSi/c1-19(2,3)15-11-9-14(10-12-15)8-6-4-5-7-13-18(16)17/h6,8-13H,4-5,7H2,1-3H3. The van der Waals surface area contributed by atoms with E-state index in [9.17, 15) is 8.42 Å². The van der Waals surface area contributed by atoms with E-state index in [1.807, 2.05) is 0 Å². The molecule has 0 amide bonds. The molecular formula is C15H22O2SSi. The zero-order valence-electron chi connectivity index (χ0n) is 11.9. The molecule has 0 unspecified atom stereocenters. The predicted octanol–water partition coefficient (Wildman–Crippen LogP) is 3.10. The Labute approximate surface area is 118 Å². The van der Waals surface area contributed by atoms with Crippen LogP contribution in [0.15, 0.2) is 30.3 Å². The average Bonchev–Trinajstić information content (AvgIpc) is 2.32. The maximum atomic E-state index is 10.3. The Morgan fingerprint density at radius 2 is 1.68 bits per heavy atom. The summed E-state index contributed by atoms with van der Waals surface area (Å²) in [5, 5.41) is 2.79. The summed E-state index contributed by atoms with van der Waals surface area (Å²) < 4.78 is 20.6. The summed E-state index contributed by atoms with van der Waals surface area (Å²) in [6.45, 7) is 7.02. The first-order chi connectivity index (χ1) is 8.89. The van der Waals surface area contributed by atoms with Gasteiger partial charge in [-0.2, -0.15) is 8.42 Å². The predicted molar refractivity (Wildman–Crippen MR) is 87.3 cm³/mol. The number of unbranched alkanes of at least 4 members (excludes halogenated alkanes) is 2. The van der Waals surface area contributed by atoms with E-state index in [2.05, 4.69) is 56.1 Å². The van der Waals surface area contributed by atoms with Crippen molar-refractivity contribution >= 4 is 35.0 Å². The molecule has 1 aromatic carbocycles. The van der Waals surface area contributed by atoms with Crippen LogP contribution in [0.3, 0.4) is 0 Å². The molecule has 4 heteroatoms. The van der Waals surface area contributed by atoms with Crippen LogP contribution in [0.5, 0.6) is 0 Å². The van der Waals surface area contributed by atoms with Crippen molar-refractivity contribution in [3.05, 3.63) is 35.9 Å². The highest BCUT2D eigenvalue weighted by Crippen LogP contribution is 2.07. The van der Waals surface area contributed by atoms with Gasteiger partial charge in [0.1, 0.15) is 0 Å². The molecule has 0 atom stereocenters. The van der Waals surface area contributed by atoms with Crippen molar-refractivity contribution in [1.82, 2.24) is 0 Å². The molecule has 0 aliphatic rings. The zero-order chi connectivity index (χ0) is 14.3. The first kappa shape index (κ1) is 15.9. The van der Waals surface area contributed by atoms with Gasteiger partial charge in [0.05, 0.1) is 8.07 Å². The van der Waals surface area contributed by atoms with Gasteiger partial charge in [-0.15, -0.1) is 0 Å². The Hall–Kier alpha value is -1.13. The van der Waals surface area contributed by atoms with Crippen LogP contribution < -0.4 is 5.19 Å². The van der Waals surface area contributed by atoms with Gasteiger partial charge >= 0.3 is 0 Å². The molecule has 19 heavy (non-hydrogen) atoms. The molecule has 0 heterocycles. The Kier molecular flexibility index (Phi) is 6.25. The lowest BCUT2D eigenvalue weighted by molar-refractivity contribution is 0.627. The lowest BCUT2D eigenvalue weighted by atomic mass is 10.2. The first-order valence-electron chi connectivity index (χ1n) is 6.58. The summed E-state index contributed by atoms with van der Waals surface area (Å²) in [6, 6.07) is 8.76. The van der Waals surface area contributed by atoms with Crippen LogP contribution in [0, 0.1) is 0 Å². The van der Waals surface area contributed by atoms with Gasteiger partial charge in [0, 0.05) is 5.37 Å². The molecule has 0 saturated heterocycles. The molecule has 104 valence electrons. The Bertz CT molecular complexity index is 541. The highest BCUT2D eigenvalue weighted by atomic mass is 32.2. The fraction of sp³-hybridized carbons (Fsp3) is 0.400. The molecule has 0 radical (unpaired) electrons. The Balaban J connectivity index is 2.47. The molecule has 0 aliphatic carbocycles. The summed E-state index contributed by atoms with van der Waals surface area (Å²) in [5.41, 5.74) is 1.21. The minimum Gasteiger partial charge on any atom is -0.185 e. The minimum atomic E-state index is -2.01. The van der Waals surface area contributed by atoms with Gasteiger partial charge in [0.25, 0.3) is 0 Å². The maximum Gasteiger partial charge on any atom is 0.209 e. The SMILES string of the molecule is C[Si](C)(C)c1ccc(C=CCCCC=S(=O)=O)cc1. The summed E-state index contributed by atoms with van der Waals surface area (Å²) in [5.74, 6) is 0. The minimum absolute atomic E-state index is 0.620. The maximum absolute atomic E-state index is 10.3. The third-order valence-corrected chi connectivity index (χ3v) is 5.49. The second-order valence-corrected chi connectivity index (χ2v) is 11.6. The van der Waals surface area contributed by atoms with E-state index in [4.69, 9.17) is 0 Å². The summed E-state index contributed by atoms with van der Waals surface area (Å²) in [4.78, 5) is 0. The van der Waals surface area contributed by atoms with Gasteiger partial charge in [-0.25, -0.2) is 0 Å². The fourth-order valence-electron chi connectivity index (χ4n) is 1.73. The zero-order valence-corrected chi connectivity index (χ0v) is 13.7. The number of hydrogen-bond donors (Lipinski definition) is 0. The second kappa shape index (κ2) is 7.45. The average molecular weight is 294 g/mol. The van der Waals surface area contributed by atoms with E-state index < -0.39 is 18.4 Å². The fourth-order valence-corrected chi connectivity index (χ4v) is 3.25. The smallest absolute Gasteiger partial charge is 0.185 e. The quantitative estimate of drug-likeness (QED) is 0.459. The van der Waals surface area contributed by atoms with Crippen molar-refractivity contribution in [2.45, 2.75) is 38.9 Å². The van der Waals surface area contributed by atoms with Crippen molar-refractivity contribution in [3.8, 4) is 0 Å². The van der Waals surface area contributed by atoms with Crippen LogP contribution in [0.2, 0.25) is 19.6 Å². The third-order valence-electron chi connectivity index (χ3n) is 2.92. The molecule has 1 aromatic rings. The van der Waals surface area contributed by atoms with E-state index in [1.165, 1.54) is 16.1 Å². The molecule has 0 saturated carbocycles. The van der Waals surface area contributed by atoms with Crippen LogP contribution in [-0.2, 0) is 10.3 Å². The van der Waals surface area contributed by atoms with Crippen molar-refractivity contribution < 1.29 is 8.42 Å². The molecule has 1 rings (SSSR count). The van der Waals surface area contributed by atoms with Crippen LogP contribution >= 0.6 is 0 Å². The molecular weight excluding hydrogens is 272 g/mol. The summed E-state index contributed by atoms with van der Waals surface area (Å²) >= 11 is 0. The number of benzene rings is 1. The molecule has 0 aromatic heterocycles. The molecule has 0 N–H and O–H groups in total. The van der Waals surface area contributed by atoms with Gasteiger partial charge in [0.15, 0.2) is 0 Å². The van der Waals surface area contributed by atoms with Gasteiger partial charge in [-0.05, 0) is 24.8 Å². The Morgan fingerprint density at radius 1 is 1.05 bits per heavy atom. The summed E-state index contributed by atoms with van der Waals surface area (Å²) in [7, 11) is -3.22. The number of hydrogen-bond acceptors (Lipinski definition) is 2. The normalized spacial score (nSPS) is 11.7. The van der Waals surface area contributed by atoms with E-state index in [0.717, 1.165) is 12.8 Å². The molecule has 0 fully saturated rings. The van der Waals surface area contributed by atoms with Crippen LogP contribution in [0.4, 0.5) is 0 Å². The van der Waals surface area contributed by atoms with Crippen LogP contribution in [0.1, 0.15) is 24.8 Å². The molecule has 0 aliphatic heterocycles. The van der Waals surface area contributed by atoms with Gasteiger partial charge in [-0.1, -0.05) is 61.2 Å². The monoisotopic (exact) mass is 294 g/mol. The lowest BCUT2D eigenvalue weighted by Crippen LogP contribution is -2.37. The van der Waals surface area contributed by atoms with E-state index in [-0.39, 0.29) is 0 Å². The van der Waals surface area contributed by atoms with Crippen molar-refractivity contribution in [2.75, 3.05) is 0 Å². The van der Waals surface area contributed by atoms with Gasteiger partial charge < -0.3 is 0 Å². The highest BCUT2D eigenvalue weighted by Gasteiger charge is 2.15. The Morgan fingerprint density at radius 3 is 2.21 bits per heavy atom. The van der Waals surface area contributed by atoms with E-state index >= 15 is 0 Å². The molecule has 0 spiro atoms. The van der Waals surface area contributed by atoms with Gasteiger partial charge in [-0.3, -0.25) is 0 Å². The van der Waals surface area contributed by atoms with Crippen molar-refractivity contribution in [2.24, 2.45) is 0 Å². The van der Waals surface area contributed by atoms with Gasteiger partial charge in [0.2, 0.25) is 10.3 Å². The molecule has 0 bridgehead atoms. The van der Waals surface area contributed by atoms with Crippen molar-refractivity contribution in [3.63, 3.8) is 0 Å².